The minimum atomic E-state index is -4.46. The van der Waals surface area contributed by atoms with E-state index in [1.54, 1.807) is 36.4 Å². The minimum absolute atomic E-state index is 0.00997. The third-order valence-electron chi connectivity index (χ3n) is 5.11. The lowest BCUT2D eigenvalue weighted by Crippen LogP contribution is -2.37. The van der Waals surface area contributed by atoms with Crippen LogP contribution in [0.4, 0.5) is 18.9 Å². The number of anilines is 1. The van der Waals surface area contributed by atoms with Crippen molar-refractivity contribution in [2.24, 2.45) is 0 Å². The molecule has 0 saturated carbocycles. The summed E-state index contributed by atoms with van der Waals surface area (Å²) in [5, 5.41) is -0.538. The number of fused-ring (bicyclic) bond motifs is 1. The van der Waals surface area contributed by atoms with Gasteiger partial charge in [-0.25, -0.2) is 12.7 Å². The molecule has 1 amide bonds. The smallest absolute Gasteiger partial charge is 0.273 e. The second-order valence-corrected chi connectivity index (χ2v) is 10.4. The predicted molar refractivity (Wildman–Crippen MR) is 117 cm³/mol. The minimum Gasteiger partial charge on any atom is -0.273 e. The van der Waals surface area contributed by atoms with Crippen molar-refractivity contribution in [3.8, 4) is 0 Å². The molecule has 166 valence electrons. The monoisotopic (exact) mass is 477 g/mol. The maximum Gasteiger partial charge on any atom is 0.416 e. The number of carbonyl (C=O) groups excluding carboxylic acids is 1. The number of carbonyl (C=O) groups is 1. The van der Waals surface area contributed by atoms with Crippen LogP contribution in [0.15, 0.2) is 82.6 Å². The van der Waals surface area contributed by atoms with Crippen molar-refractivity contribution in [1.29, 1.82) is 0 Å². The molecule has 1 atom stereocenters. The van der Waals surface area contributed by atoms with E-state index in [0.29, 0.717) is 10.5 Å². The number of amides is 1. The fraction of sp³-hybridized carbons (Fsp3) is 0.174. The lowest BCUT2D eigenvalue weighted by molar-refractivity contribution is -0.137. The van der Waals surface area contributed by atoms with Crippen LogP contribution in [0.25, 0.3) is 0 Å². The van der Waals surface area contributed by atoms with E-state index < -0.39 is 32.9 Å². The standard InChI is InChI=1S/C23H18F3NO3S2/c1-15-6-12-18(13-7-15)32(29,30)27-19-4-2-3-5-20(19)31-21(14-22(27)28)16-8-10-17(11-9-16)23(24,25)26/h2-13,21H,14H2,1H3/t21-/m1/s1. The van der Waals surface area contributed by atoms with Crippen LogP contribution < -0.4 is 4.31 Å². The molecule has 1 aliphatic heterocycles. The Kier molecular flexibility index (Phi) is 5.81. The van der Waals surface area contributed by atoms with Crippen LogP contribution in [0, 0.1) is 6.92 Å². The maximum atomic E-state index is 13.4. The van der Waals surface area contributed by atoms with Crippen molar-refractivity contribution >= 4 is 33.4 Å². The molecule has 0 N–H and O–H groups in total. The summed E-state index contributed by atoms with van der Waals surface area (Å²) in [5.74, 6) is -0.645. The van der Waals surface area contributed by atoms with Crippen LogP contribution in [0.5, 0.6) is 0 Å². The Hall–Kier alpha value is -2.78. The van der Waals surface area contributed by atoms with E-state index in [1.807, 2.05) is 6.92 Å². The van der Waals surface area contributed by atoms with Crippen LogP contribution in [-0.2, 0) is 21.0 Å². The number of sulfonamides is 1. The van der Waals surface area contributed by atoms with Crippen LogP contribution in [0.2, 0.25) is 0 Å². The van der Waals surface area contributed by atoms with Gasteiger partial charge in [-0.05, 0) is 48.9 Å². The van der Waals surface area contributed by atoms with Gasteiger partial charge < -0.3 is 0 Å². The number of rotatable bonds is 3. The second-order valence-electron chi connectivity index (χ2n) is 7.37. The lowest BCUT2D eigenvalue weighted by Gasteiger charge is -2.22. The van der Waals surface area contributed by atoms with Crippen molar-refractivity contribution in [2.45, 2.75) is 34.6 Å². The van der Waals surface area contributed by atoms with Crippen LogP contribution in [0.1, 0.15) is 28.4 Å². The Bertz CT molecular complexity index is 1250. The topological polar surface area (TPSA) is 54.5 Å². The third-order valence-corrected chi connectivity index (χ3v) is 8.18. The van der Waals surface area contributed by atoms with Gasteiger partial charge in [0.05, 0.1) is 16.1 Å². The molecule has 0 bridgehead atoms. The number of hydrogen-bond acceptors (Lipinski definition) is 4. The van der Waals surface area contributed by atoms with Crippen molar-refractivity contribution in [1.82, 2.24) is 0 Å². The molecule has 32 heavy (non-hydrogen) atoms. The van der Waals surface area contributed by atoms with E-state index >= 15 is 0 Å². The summed E-state index contributed by atoms with van der Waals surface area (Å²) in [6.45, 7) is 1.83. The highest BCUT2D eigenvalue weighted by atomic mass is 32.2. The number of benzene rings is 3. The van der Waals surface area contributed by atoms with Gasteiger partial charge in [0.25, 0.3) is 10.0 Å². The lowest BCUT2D eigenvalue weighted by atomic mass is 10.1. The SMILES string of the molecule is Cc1ccc(S(=O)(=O)N2C(=O)C[C@H](c3ccc(C(F)(F)F)cc3)Sc3ccccc32)cc1. The van der Waals surface area contributed by atoms with E-state index in [9.17, 15) is 26.4 Å². The molecule has 0 spiro atoms. The number of thioether (sulfide) groups is 1. The molecule has 0 saturated heterocycles. The summed E-state index contributed by atoms with van der Waals surface area (Å²) < 4.78 is 66.4. The first-order chi connectivity index (χ1) is 15.1. The van der Waals surface area contributed by atoms with Crippen molar-refractivity contribution in [2.75, 3.05) is 4.31 Å². The zero-order chi connectivity index (χ0) is 23.1. The molecule has 9 heteroatoms. The first-order valence-electron chi connectivity index (χ1n) is 9.65. The molecule has 1 aliphatic rings. The quantitative estimate of drug-likeness (QED) is 0.466. The van der Waals surface area contributed by atoms with E-state index in [2.05, 4.69) is 0 Å². The Morgan fingerprint density at radius 3 is 2.19 bits per heavy atom. The van der Waals surface area contributed by atoms with Crippen LogP contribution in [0.3, 0.4) is 0 Å². The summed E-state index contributed by atoms with van der Waals surface area (Å²) >= 11 is 1.26. The molecule has 3 aromatic rings. The van der Waals surface area contributed by atoms with Gasteiger partial charge >= 0.3 is 6.18 Å². The molecule has 3 aromatic carbocycles. The molecule has 1 heterocycles. The van der Waals surface area contributed by atoms with Crippen LogP contribution in [-0.4, -0.2) is 14.3 Å². The molecule has 0 unspecified atom stereocenters. The Morgan fingerprint density at radius 1 is 0.938 bits per heavy atom. The van der Waals surface area contributed by atoms with Crippen molar-refractivity contribution < 1.29 is 26.4 Å². The highest BCUT2D eigenvalue weighted by Crippen LogP contribution is 2.47. The Morgan fingerprint density at radius 2 is 1.56 bits per heavy atom. The van der Waals surface area contributed by atoms with Gasteiger partial charge in [-0.3, -0.25) is 4.79 Å². The van der Waals surface area contributed by atoms with E-state index in [-0.39, 0.29) is 17.0 Å². The van der Waals surface area contributed by atoms with Gasteiger partial charge in [0.2, 0.25) is 5.91 Å². The normalized spacial score (nSPS) is 17.1. The van der Waals surface area contributed by atoms with Crippen LogP contribution >= 0.6 is 11.8 Å². The number of hydrogen-bond donors (Lipinski definition) is 0. The average molecular weight is 478 g/mol. The van der Waals surface area contributed by atoms with E-state index in [0.717, 1.165) is 22.0 Å². The summed E-state index contributed by atoms with van der Waals surface area (Å²) in [5.41, 5.74) is 0.845. The first-order valence-corrected chi connectivity index (χ1v) is 12.0. The predicted octanol–water partition coefficient (Wildman–Crippen LogP) is 5.97. The molecule has 0 radical (unpaired) electrons. The largest absolute Gasteiger partial charge is 0.416 e. The molecular weight excluding hydrogens is 459 g/mol. The Labute approximate surface area is 188 Å². The number of para-hydroxylation sites is 1. The second kappa shape index (κ2) is 8.29. The summed E-state index contributed by atoms with van der Waals surface area (Å²) in [4.78, 5) is 13.8. The zero-order valence-corrected chi connectivity index (χ0v) is 18.5. The van der Waals surface area contributed by atoms with Gasteiger partial charge in [-0.1, -0.05) is 42.0 Å². The van der Waals surface area contributed by atoms with Crippen molar-refractivity contribution in [3.63, 3.8) is 0 Å². The average Bonchev–Trinajstić information content (AvgIpc) is 2.89. The third kappa shape index (κ3) is 4.27. The molecular formula is C23H18F3NO3S2. The highest BCUT2D eigenvalue weighted by molar-refractivity contribution is 8.00. The zero-order valence-electron chi connectivity index (χ0n) is 16.8. The number of aryl methyl sites for hydroxylation is 1. The highest BCUT2D eigenvalue weighted by Gasteiger charge is 2.37. The number of halogens is 3. The van der Waals surface area contributed by atoms with Gasteiger partial charge in [0, 0.05) is 16.6 Å². The molecule has 0 fully saturated rings. The summed E-state index contributed by atoms with van der Waals surface area (Å²) in [6.07, 6.45) is -4.65. The fourth-order valence-corrected chi connectivity index (χ4v) is 6.22. The first kappa shape index (κ1) is 22.4. The van der Waals surface area contributed by atoms with Gasteiger partial charge in [-0.15, -0.1) is 11.8 Å². The van der Waals surface area contributed by atoms with Crippen molar-refractivity contribution in [3.05, 3.63) is 89.5 Å². The van der Waals surface area contributed by atoms with Gasteiger partial charge in [0.15, 0.2) is 0 Å². The molecule has 4 nitrogen and oxygen atoms in total. The van der Waals surface area contributed by atoms with Gasteiger partial charge in [-0.2, -0.15) is 13.2 Å². The molecule has 0 aliphatic carbocycles. The summed E-state index contributed by atoms with van der Waals surface area (Å²) in [7, 11) is -4.17. The molecule has 4 rings (SSSR count). The molecule has 0 aromatic heterocycles. The van der Waals surface area contributed by atoms with E-state index in [1.165, 1.54) is 36.0 Å². The fourth-order valence-electron chi connectivity index (χ4n) is 3.45. The van der Waals surface area contributed by atoms with Gasteiger partial charge in [0.1, 0.15) is 0 Å². The summed E-state index contributed by atoms with van der Waals surface area (Å²) in [6, 6.07) is 17.4. The van der Waals surface area contributed by atoms with E-state index in [4.69, 9.17) is 0 Å². The Balaban J connectivity index is 1.75. The number of alkyl halides is 3. The number of nitrogens with zero attached hydrogens (tertiary/aromatic N) is 1. The maximum absolute atomic E-state index is 13.4.